The summed E-state index contributed by atoms with van der Waals surface area (Å²) in [5.41, 5.74) is 2.25. The van der Waals surface area contributed by atoms with Crippen molar-refractivity contribution in [1.82, 2.24) is 0 Å². The Balaban J connectivity index is 2.24. The summed E-state index contributed by atoms with van der Waals surface area (Å²) < 4.78 is 0.814. The van der Waals surface area contributed by atoms with Crippen LogP contribution in [0.25, 0.3) is 6.08 Å². The van der Waals surface area contributed by atoms with Crippen LogP contribution in [0.15, 0.2) is 52.5 Å². The number of nitriles is 1. The molecule has 0 aliphatic heterocycles. The number of anilines is 1. The lowest BCUT2D eigenvalue weighted by Crippen LogP contribution is -2.13. The Morgan fingerprint density at radius 3 is 2.68 bits per heavy atom. The molecule has 0 aromatic heterocycles. The second-order valence-electron chi connectivity index (χ2n) is 4.61. The molecule has 0 saturated carbocycles. The average molecular weight is 376 g/mol. The van der Waals surface area contributed by atoms with Gasteiger partial charge in [-0.2, -0.15) is 5.26 Å². The molecular formula is C17H12BrClN2O. The van der Waals surface area contributed by atoms with Gasteiger partial charge in [-0.05, 0) is 42.3 Å². The van der Waals surface area contributed by atoms with Gasteiger partial charge >= 0.3 is 0 Å². The van der Waals surface area contributed by atoms with Crippen LogP contribution >= 0.6 is 27.5 Å². The summed E-state index contributed by atoms with van der Waals surface area (Å²) in [6, 6.07) is 14.5. The summed E-state index contributed by atoms with van der Waals surface area (Å²) in [6.45, 7) is 1.88. The van der Waals surface area contributed by atoms with E-state index < -0.39 is 5.91 Å². The van der Waals surface area contributed by atoms with Crippen molar-refractivity contribution < 1.29 is 4.79 Å². The Labute approximate surface area is 142 Å². The highest BCUT2D eigenvalue weighted by atomic mass is 79.9. The van der Waals surface area contributed by atoms with Crippen LogP contribution in [-0.4, -0.2) is 5.91 Å². The maximum atomic E-state index is 12.2. The lowest BCUT2D eigenvalue weighted by Gasteiger charge is -2.06. The van der Waals surface area contributed by atoms with Gasteiger partial charge in [0.2, 0.25) is 0 Å². The standard InChI is InChI=1S/C17H12BrClN2O/c1-11-6-7-14(9-16(11)19)21-17(22)13(10-20)8-12-4-2-3-5-15(12)18/h2-9H,1H3,(H,21,22)/b13-8+. The molecule has 22 heavy (non-hydrogen) atoms. The van der Waals surface area contributed by atoms with E-state index in [0.29, 0.717) is 10.7 Å². The quantitative estimate of drug-likeness (QED) is 0.609. The number of carbonyl (C=O) groups excluding carboxylic acids is 1. The molecule has 0 aliphatic rings. The third kappa shape index (κ3) is 3.97. The van der Waals surface area contributed by atoms with Crippen LogP contribution in [0.5, 0.6) is 0 Å². The number of nitrogens with one attached hydrogen (secondary N) is 1. The fourth-order valence-electron chi connectivity index (χ4n) is 1.77. The molecule has 0 atom stereocenters. The molecule has 1 N–H and O–H groups in total. The zero-order valence-electron chi connectivity index (χ0n) is 11.7. The predicted molar refractivity (Wildman–Crippen MR) is 92.6 cm³/mol. The first-order valence-corrected chi connectivity index (χ1v) is 7.62. The van der Waals surface area contributed by atoms with Crippen LogP contribution in [0.4, 0.5) is 5.69 Å². The maximum Gasteiger partial charge on any atom is 0.266 e. The number of halogens is 2. The molecule has 0 radical (unpaired) electrons. The van der Waals surface area contributed by atoms with Gasteiger partial charge in [0.1, 0.15) is 11.6 Å². The van der Waals surface area contributed by atoms with Gasteiger partial charge in [0.25, 0.3) is 5.91 Å². The van der Waals surface area contributed by atoms with Crippen molar-refractivity contribution in [2.24, 2.45) is 0 Å². The normalized spacial score (nSPS) is 10.9. The fraction of sp³-hybridized carbons (Fsp3) is 0.0588. The van der Waals surface area contributed by atoms with Crippen LogP contribution < -0.4 is 5.32 Å². The Morgan fingerprint density at radius 2 is 2.05 bits per heavy atom. The summed E-state index contributed by atoms with van der Waals surface area (Å²) in [5, 5.41) is 12.4. The van der Waals surface area contributed by atoms with Crippen molar-refractivity contribution in [1.29, 1.82) is 5.26 Å². The van der Waals surface area contributed by atoms with Crippen LogP contribution in [0, 0.1) is 18.3 Å². The summed E-state index contributed by atoms with van der Waals surface area (Å²) >= 11 is 9.41. The zero-order chi connectivity index (χ0) is 16.1. The topological polar surface area (TPSA) is 52.9 Å². The van der Waals surface area contributed by atoms with Crippen molar-refractivity contribution in [3.63, 3.8) is 0 Å². The highest BCUT2D eigenvalue weighted by molar-refractivity contribution is 9.10. The molecule has 2 rings (SSSR count). The molecule has 110 valence electrons. The lowest BCUT2D eigenvalue weighted by atomic mass is 10.1. The van der Waals surface area contributed by atoms with E-state index in [1.807, 2.05) is 43.3 Å². The van der Waals surface area contributed by atoms with E-state index in [1.165, 1.54) is 6.08 Å². The number of aryl methyl sites for hydroxylation is 1. The molecule has 5 heteroatoms. The van der Waals surface area contributed by atoms with Crippen molar-refractivity contribution in [2.45, 2.75) is 6.92 Å². The molecule has 2 aromatic carbocycles. The third-order valence-electron chi connectivity index (χ3n) is 3.00. The van der Waals surface area contributed by atoms with Crippen molar-refractivity contribution >= 4 is 45.2 Å². The van der Waals surface area contributed by atoms with Gasteiger partial charge in [-0.15, -0.1) is 0 Å². The summed E-state index contributed by atoms with van der Waals surface area (Å²) in [5.74, 6) is -0.474. The molecule has 1 amide bonds. The molecule has 0 fully saturated rings. The Kier molecular flexibility index (Phi) is 5.37. The molecular weight excluding hydrogens is 364 g/mol. The maximum absolute atomic E-state index is 12.2. The van der Waals surface area contributed by atoms with Crippen LogP contribution in [0.1, 0.15) is 11.1 Å². The minimum absolute atomic E-state index is 0.0172. The summed E-state index contributed by atoms with van der Waals surface area (Å²) in [7, 11) is 0. The fourth-order valence-corrected chi connectivity index (χ4v) is 2.35. The minimum Gasteiger partial charge on any atom is -0.321 e. The molecule has 0 unspecified atom stereocenters. The van der Waals surface area contributed by atoms with Crippen molar-refractivity contribution in [3.05, 3.63) is 68.7 Å². The summed E-state index contributed by atoms with van der Waals surface area (Å²) in [6.07, 6.45) is 1.54. The first-order valence-electron chi connectivity index (χ1n) is 6.45. The second kappa shape index (κ2) is 7.26. The number of benzene rings is 2. The Hall–Kier alpha value is -2.09. The molecule has 0 aliphatic carbocycles. The number of hydrogen-bond acceptors (Lipinski definition) is 2. The summed E-state index contributed by atoms with van der Waals surface area (Å²) in [4.78, 5) is 12.2. The molecule has 0 bridgehead atoms. The second-order valence-corrected chi connectivity index (χ2v) is 5.87. The number of amides is 1. The van der Waals surface area contributed by atoms with E-state index in [2.05, 4.69) is 21.2 Å². The number of nitrogens with zero attached hydrogens (tertiary/aromatic N) is 1. The van der Waals surface area contributed by atoms with Crippen LogP contribution in [-0.2, 0) is 4.79 Å². The smallest absolute Gasteiger partial charge is 0.266 e. The highest BCUT2D eigenvalue weighted by Crippen LogP contribution is 2.22. The monoisotopic (exact) mass is 374 g/mol. The first-order chi connectivity index (χ1) is 10.5. The van der Waals surface area contributed by atoms with E-state index >= 15 is 0 Å². The molecule has 2 aromatic rings. The van der Waals surface area contributed by atoms with E-state index in [4.69, 9.17) is 11.6 Å². The van der Waals surface area contributed by atoms with Gasteiger partial charge in [-0.1, -0.05) is 51.8 Å². The molecule has 0 saturated heterocycles. The average Bonchev–Trinajstić information content (AvgIpc) is 2.50. The minimum atomic E-state index is -0.474. The predicted octanol–water partition coefficient (Wildman–Crippen LogP) is 4.96. The Morgan fingerprint density at radius 1 is 1.32 bits per heavy atom. The number of hydrogen-bond donors (Lipinski definition) is 1. The molecule has 0 spiro atoms. The molecule has 3 nitrogen and oxygen atoms in total. The van der Waals surface area contributed by atoms with E-state index in [0.717, 1.165) is 15.6 Å². The van der Waals surface area contributed by atoms with Gasteiger partial charge in [-0.25, -0.2) is 0 Å². The van der Waals surface area contributed by atoms with Gasteiger partial charge in [0, 0.05) is 15.2 Å². The number of rotatable bonds is 3. The lowest BCUT2D eigenvalue weighted by molar-refractivity contribution is -0.112. The van der Waals surface area contributed by atoms with E-state index in [1.54, 1.807) is 12.1 Å². The van der Waals surface area contributed by atoms with Gasteiger partial charge < -0.3 is 5.32 Å². The number of carbonyl (C=O) groups is 1. The van der Waals surface area contributed by atoms with Gasteiger partial charge in [0.15, 0.2) is 0 Å². The van der Waals surface area contributed by atoms with E-state index in [9.17, 15) is 10.1 Å². The van der Waals surface area contributed by atoms with Crippen molar-refractivity contribution in [2.75, 3.05) is 5.32 Å². The zero-order valence-corrected chi connectivity index (χ0v) is 14.1. The van der Waals surface area contributed by atoms with E-state index in [-0.39, 0.29) is 5.57 Å². The van der Waals surface area contributed by atoms with Crippen LogP contribution in [0.3, 0.4) is 0 Å². The van der Waals surface area contributed by atoms with Crippen LogP contribution in [0.2, 0.25) is 5.02 Å². The largest absolute Gasteiger partial charge is 0.321 e. The van der Waals surface area contributed by atoms with Gasteiger partial charge in [-0.3, -0.25) is 4.79 Å². The Bertz CT molecular complexity index is 793. The third-order valence-corrected chi connectivity index (χ3v) is 4.13. The first kappa shape index (κ1) is 16.3. The highest BCUT2D eigenvalue weighted by Gasteiger charge is 2.11. The molecule has 0 heterocycles. The van der Waals surface area contributed by atoms with Gasteiger partial charge in [0.05, 0.1) is 0 Å². The SMILES string of the molecule is Cc1ccc(NC(=O)/C(C#N)=C/c2ccccc2Br)cc1Cl. The van der Waals surface area contributed by atoms with Crippen molar-refractivity contribution in [3.8, 4) is 6.07 Å².